The fourth-order valence-electron chi connectivity index (χ4n) is 3.66. The number of carbonyl (C=O) groups excluding carboxylic acids is 2. The van der Waals surface area contributed by atoms with Crippen LogP contribution in [0.1, 0.15) is 31.7 Å². The highest BCUT2D eigenvalue weighted by Crippen LogP contribution is 2.58. The molecule has 1 saturated carbocycles. The van der Waals surface area contributed by atoms with E-state index in [9.17, 15) is 9.59 Å². The predicted molar refractivity (Wildman–Crippen MR) is 91.8 cm³/mol. The lowest BCUT2D eigenvalue weighted by molar-refractivity contribution is -0.123. The average Bonchev–Trinajstić information content (AvgIpc) is 3.26. The summed E-state index contributed by atoms with van der Waals surface area (Å²) < 4.78 is 5.24. The Morgan fingerprint density at radius 2 is 2.08 bits per heavy atom. The minimum Gasteiger partial charge on any atom is -0.495 e. The lowest BCUT2D eigenvalue weighted by Crippen LogP contribution is -2.33. The van der Waals surface area contributed by atoms with Crippen molar-refractivity contribution in [3.05, 3.63) is 23.8 Å². The van der Waals surface area contributed by atoms with Crippen LogP contribution in [0, 0.1) is 11.3 Å². The fourth-order valence-corrected chi connectivity index (χ4v) is 3.66. The monoisotopic (exact) mass is 331 g/mol. The maximum Gasteiger partial charge on any atom is 0.223 e. The van der Waals surface area contributed by atoms with Gasteiger partial charge in [0.2, 0.25) is 11.8 Å². The zero-order chi connectivity index (χ0) is 17.2. The first-order valence-corrected chi connectivity index (χ1v) is 8.47. The number of nitrogens with one attached hydrogen (secondary N) is 3. The number of hydrogen-bond acceptors (Lipinski definition) is 4. The van der Waals surface area contributed by atoms with E-state index in [0.717, 1.165) is 37.9 Å². The highest BCUT2D eigenvalue weighted by molar-refractivity contribution is 5.90. The molecule has 0 radical (unpaired) electrons. The van der Waals surface area contributed by atoms with Crippen LogP contribution in [0.4, 0.5) is 5.69 Å². The quantitative estimate of drug-likeness (QED) is 0.767. The first-order chi connectivity index (χ1) is 11.5. The van der Waals surface area contributed by atoms with Gasteiger partial charge in [-0.1, -0.05) is 6.07 Å². The Balaban J connectivity index is 1.58. The van der Waals surface area contributed by atoms with Crippen LogP contribution < -0.4 is 20.7 Å². The minimum atomic E-state index is -0.152. The Morgan fingerprint density at radius 1 is 1.33 bits per heavy atom. The SMILES string of the molecule is COc1ccc(CNC(=O)C2CC23CCNCC3)cc1NC(C)=O. The van der Waals surface area contributed by atoms with E-state index in [4.69, 9.17) is 4.74 Å². The van der Waals surface area contributed by atoms with E-state index in [-0.39, 0.29) is 23.1 Å². The van der Waals surface area contributed by atoms with Gasteiger partial charge in [0.15, 0.2) is 0 Å². The van der Waals surface area contributed by atoms with Gasteiger partial charge in [-0.25, -0.2) is 0 Å². The van der Waals surface area contributed by atoms with Crippen molar-refractivity contribution in [1.82, 2.24) is 10.6 Å². The molecular formula is C18H25N3O3. The van der Waals surface area contributed by atoms with E-state index in [0.29, 0.717) is 18.0 Å². The van der Waals surface area contributed by atoms with Crippen molar-refractivity contribution < 1.29 is 14.3 Å². The molecule has 1 aromatic rings. The van der Waals surface area contributed by atoms with Crippen molar-refractivity contribution in [2.75, 3.05) is 25.5 Å². The van der Waals surface area contributed by atoms with Gasteiger partial charge < -0.3 is 20.7 Å². The molecule has 3 rings (SSSR count). The van der Waals surface area contributed by atoms with Crippen molar-refractivity contribution in [3.63, 3.8) is 0 Å². The molecule has 1 aliphatic carbocycles. The molecule has 3 N–H and O–H groups in total. The lowest BCUT2D eigenvalue weighted by Gasteiger charge is -2.23. The van der Waals surface area contributed by atoms with Crippen molar-refractivity contribution >= 4 is 17.5 Å². The summed E-state index contributed by atoms with van der Waals surface area (Å²) >= 11 is 0. The van der Waals surface area contributed by atoms with Gasteiger partial charge >= 0.3 is 0 Å². The van der Waals surface area contributed by atoms with Crippen LogP contribution in [0.25, 0.3) is 0 Å². The third-order valence-electron chi connectivity index (χ3n) is 5.15. The second-order valence-corrected chi connectivity index (χ2v) is 6.80. The standard InChI is InChI=1S/C18H25N3O3/c1-12(22)21-15-9-13(3-4-16(15)24-2)11-20-17(23)14-10-18(14)5-7-19-8-6-18/h3-4,9,14,19H,5-8,10-11H2,1-2H3,(H,20,23)(H,21,22). The zero-order valence-electron chi connectivity index (χ0n) is 14.3. The maximum atomic E-state index is 12.4. The summed E-state index contributed by atoms with van der Waals surface area (Å²) in [5.74, 6) is 0.762. The molecular weight excluding hydrogens is 306 g/mol. The number of anilines is 1. The molecule has 6 nitrogen and oxygen atoms in total. The molecule has 1 atom stereocenters. The number of ether oxygens (including phenoxy) is 1. The summed E-state index contributed by atoms with van der Waals surface area (Å²) in [6.07, 6.45) is 3.21. The Morgan fingerprint density at radius 3 is 2.75 bits per heavy atom. The van der Waals surface area contributed by atoms with Crippen LogP contribution in [0.5, 0.6) is 5.75 Å². The van der Waals surface area contributed by atoms with E-state index in [1.54, 1.807) is 13.2 Å². The van der Waals surface area contributed by atoms with Crippen molar-refractivity contribution in [2.45, 2.75) is 32.7 Å². The van der Waals surface area contributed by atoms with Gasteiger partial charge in [0.25, 0.3) is 0 Å². The van der Waals surface area contributed by atoms with Gasteiger partial charge in [-0.2, -0.15) is 0 Å². The molecule has 1 unspecified atom stereocenters. The Labute approximate surface area is 142 Å². The summed E-state index contributed by atoms with van der Waals surface area (Å²) in [6, 6.07) is 5.55. The summed E-state index contributed by atoms with van der Waals surface area (Å²) in [7, 11) is 1.56. The molecule has 2 amide bonds. The molecule has 1 aliphatic heterocycles. The maximum absolute atomic E-state index is 12.4. The average molecular weight is 331 g/mol. The van der Waals surface area contributed by atoms with E-state index in [2.05, 4.69) is 16.0 Å². The number of piperidine rings is 1. The molecule has 6 heteroatoms. The van der Waals surface area contributed by atoms with E-state index in [1.807, 2.05) is 12.1 Å². The van der Waals surface area contributed by atoms with Gasteiger partial charge in [0.1, 0.15) is 5.75 Å². The van der Waals surface area contributed by atoms with Crippen LogP contribution in [-0.4, -0.2) is 32.0 Å². The molecule has 0 bridgehead atoms. The summed E-state index contributed by atoms with van der Waals surface area (Å²) in [5.41, 5.74) is 1.81. The largest absolute Gasteiger partial charge is 0.495 e. The molecule has 1 spiro atoms. The molecule has 130 valence electrons. The number of benzene rings is 1. The number of carbonyl (C=O) groups is 2. The van der Waals surface area contributed by atoms with Crippen LogP contribution in [0.3, 0.4) is 0 Å². The Bertz CT molecular complexity index is 638. The van der Waals surface area contributed by atoms with Crippen molar-refractivity contribution in [1.29, 1.82) is 0 Å². The van der Waals surface area contributed by atoms with E-state index >= 15 is 0 Å². The van der Waals surface area contributed by atoms with E-state index < -0.39 is 0 Å². The summed E-state index contributed by atoms with van der Waals surface area (Å²) in [6.45, 7) is 3.95. The molecule has 2 aliphatic rings. The van der Waals surface area contributed by atoms with Crippen LogP contribution in [-0.2, 0) is 16.1 Å². The smallest absolute Gasteiger partial charge is 0.223 e. The Kier molecular flexibility index (Phi) is 4.76. The number of rotatable bonds is 5. The van der Waals surface area contributed by atoms with Gasteiger partial charge in [-0.15, -0.1) is 0 Å². The molecule has 1 heterocycles. The molecule has 24 heavy (non-hydrogen) atoms. The summed E-state index contributed by atoms with van der Waals surface area (Å²) in [4.78, 5) is 23.7. The number of methoxy groups -OCH3 is 1. The third-order valence-corrected chi connectivity index (χ3v) is 5.15. The lowest BCUT2D eigenvalue weighted by atomic mass is 9.92. The molecule has 2 fully saturated rings. The third kappa shape index (κ3) is 3.53. The van der Waals surface area contributed by atoms with Gasteiger partial charge in [-0.05, 0) is 55.5 Å². The number of amides is 2. The van der Waals surface area contributed by atoms with Crippen molar-refractivity contribution in [3.8, 4) is 5.75 Å². The minimum absolute atomic E-state index is 0.147. The molecule has 1 aromatic carbocycles. The van der Waals surface area contributed by atoms with Gasteiger partial charge in [0, 0.05) is 19.4 Å². The number of hydrogen-bond donors (Lipinski definition) is 3. The van der Waals surface area contributed by atoms with Crippen molar-refractivity contribution in [2.24, 2.45) is 11.3 Å². The van der Waals surface area contributed by atoms with Crippen LogP contribution >= 0.6 is 0 Å². The van der Waals surface area contributed by atoms with Crippen LogP contribution in [0.15, 0.2) is 18.2 Å². The van der Waals surface area contributed by atoms with Gasteiger partial charge in [0.05, 0.1) is 12.8 Å². The predicted octanol–water partition coefficient (Wildman–Crippen LogP) is 1.66. The fraction of sp³-hybridized carbons (Fsp3) is 0.556. The highest BCUT2D eigenvalue weighted by atomic mass is 16.5. The topological polar surface area (TPSA) is 79.5 Å². The Hall–Kier alpha value is -2.08. The van der Waals surface area contributed by atoms with Gasteiger partial charge in [-0.3, -0.25) is 9.59 Å². The molecule has 0 aromatic heterocycles. The second-order valence-electron chi connectivity index (χ2n) is 6.80. The first-order valence-electron chi connectivity index (χ1n) is 8.47. The molecule has 1 saturated heterocycles. The summed E-state index contributed by atoms with van der Waals surface area (Å²) in [5, 5.41) is 9.14. The first kappa shape index (κ1) is 16.8. The van der Waals surface area contributed by atoms with Crippen LogP contribution in [0.2, 0.25) is 0 Å². The van der Waals surface area contributed by atoms with E-state index in [1.165, 1.54) is 6.92 Å². The normalized spacial score (nSPS) is 21.2. The second kappa shape index (κ2) is 6.81. The zero-order valence-corrected chi connectivity index (χ0v) is 14.3. The highest BCUT2D eigenvalue weighted by Gasteiger charge is 2.57.